The Balaban J connectivity index is 2.45. The van der Waals surface area contributed by atoms with Crippen molar-refractivity contribution >= 4 is 0 Å². The zero-order valence-corrected chi connectivity index (χ0v) is 6.58. The fourth-order valence-electron chi connectivity index (χ4n) is 1.31. The SMILES string of the molecule is CC1COCC(C)N1CO. The topological polar surface area (TPSA) is 32.7 Å². The normalized spacial score (nSPS) is 36.3. The number of aliphatic hydroxyl groups excluding tert-OH is 1. The minimum absolute atomic E-state index is 0.145. The summed E-state index contributed by atoms with van der Waals surface area (Å²) in [6.07, 6.45) is 0. The molecule has 1 N–H and O–H groups in total. The maximum atomic E-state index is 8.90. The maximum absolute atomic E-state index is 8.90. The first-order chi connectivity index (χ1) is 4.75. The van der Waals surface area contributed by atoms with E-state index in [1.165, 1.54) is 0 Å². The predicted octanol–water partition coefficient (Wildman–Crippen LogP) is 0.0454. The number of hydrogen-bond donors (Lipinski definition) is 1. The lowest BCUT2D eigenvalue weighted by Crippen LogP contribution is -2.49. The molecule has 0 saturated carbocycles. The van der Waals surface area contributed by atoms with Gasteiger partial charge in [-0.2, -0.15) is 0 Å². The van der Waals surface area contributed by atoms with Gasteiger partial charge in [0.25, 0.3) is 0 Å². The monoisotopic (exact) mass is 145 g/mol. The maximum Gasteiger partial charge on any atom is 0.0962 e. The van der Waals surface area contributed by atoms with Gasteiger partial charge in [0.05, 0.1) is 19.9 Å². The number of aliphatic hydroxyl groups is 1. The van der Waals surface area contributed by atoms with Crippen LogP contribution in [0.3, 0.4) is 0 Å². The highest BCUT2D eigenvalue weighted by Crippen LogP contribution is 2.10. The van der Waals surface area contributed by atoms with Crippen molar-refractivity contribution in [3.05, 3.63) is 0 Å². The highest BCUT2D eigenvalue weighted by atomic mass is 16.5. The molecule has 1 rings (SSSR count). The molecule has 0 spiro atoms. The molecule has 0 bridgehead atoms. The van der Waals surface area contributed by atoms with Gasteiger partial charge in [-0.1, -0.05) is 0 Å². The molecule has 0 aliphatic carbocycles. The number of ether oxygens (including phenoxy) is 1. The summed E-state index contributed by atoms with van der Waals surface area (Å²) in [4.78, 5) is 2.03. The Morgan fingerprint density at radius 3 is 2.20 bits per heavy atom. The molecule has 0 radical (unpaired) electrons. The lowest BCUT2D eigenvalue weighted by Gasteiger charge is -2.36. The van der Waals surface area contributed by atoms with Crippen LogP contribution in [0.1, 0.15) is 13.8 Å². The van der Waals surface area contributed by atoms with Crippen molar-refractivity contribution in [2.24, 2.45) is 0 Å². The number of morpholine rings is 1. The average molecular weight is 145 g/mol. The summed E-state index contributed by atoms with van der Waals surface area (Å²) in [6, 6.07) is 0.711. The van der Waals surface area contributed by atoms with E-state index in [4.69, 9.17) is 9.84 Å². The summed E-state index contributed by atoms with van der Waals surface area (Å²) in [7, 11) is 0. The van der Waals surface area contributed by atoms with Crippen molar-refractivity contribution in [2.45, 2.75) is 25.9 Å². The smallest absolute Gasteiger partial charge is 0.0962 e. The lowest BCUT2D eigenvalue weighted by molar-refractivity contribution is -0.0721. The first-order valence-corrected chi connectivity index (χ1v) is 3.70. The van der Waals surface area contributed by atoms with Crippen molar-refractivity contribution in [1.82, 2.24) is 4.90 Å². The third kappa shape index (κ3) is 1.48. The van der Waals surface area contributed by atoms with E-state index in [1.807, 2.05) is 4.90 Å². The van der Waals surface area contributed by atoms with Gasteiger partial charge >= 0.3 is 0 Å². The zero-order chi connectivity index (χ0) is 7.56. The molecule has 2 unspecified atom stereocenters. The summed E-state index contributed by atoms with van der Waals surface area (Å²) >= 11 is 0. The number of rotatable bonds is 1. The van der Waals surface area contributed by atoms with Gasteiger partial charge in [0.2, 0.25) is 0 Å². The second kappa shape index (κ2) is 3.32. The van der Waals surface area contributed by atoms with Crippen molar-refractivity contribution in [1.29, 1.82) is 0 Å². The molecule has 0 amide bonds. The van der Waals surface area contributed by atoms with Crippen LogP contribution in [0.2, 0.25) is 0 Å². The summed E-state index contributed by atoms with van der Waals surface area (Å²) in [6.45, 7) is 5.75. The van der Waals surface area contributed by atoms with E-state index < -0.39 is 0 Å². The molecule has 0 aromatic carbocycles. The first kappa shape index (κ1) is 7.98. The fourth-order valence-corrected chi connectivity index (χ4v) is 1.31. The standard InChI is InChI=1S/C7H15NO2/c1-6-3-10-4-7(2)8(6)5-9/h6-7,9H,3-5H2,1-2H3. The van der Waals surface area contributed by atoms with Gasteiger partial charge in [0, 0.05) is 12.1 Å². The van der Waals surface area contributed by atoms with Crippen LogP contribution in [0.5, 0.6) is 0 Å². The third-order valence-electron chi connectivity index (χ3n) is 2.01. The Morgan fingerprint density at radius 2 is 1.90 bits per heavy atom. The van der Waals surface area contributed by atoms with Gasteiger partial charge in [-0.05, 0) is 13.8 Å². The van der Waals surface area contributed by atoms with Gasteiger partial charge in [-0.15, -0.1) is 0 Å². The van der Waals surface area contributed by atoms with Crippen LogP contribution in [0, 0.1) is 0 Å². The van der Waals surface area contributed by atoms with E-state index in [2.05, 4.69) is 13.8 Å². The molecule has 1 saturated heterocycles. The van der Waals surface area contributed by atoms with E-state index in [1.54, 1.807) is 0 Å². The molecule has 3 nitrogen and oxygen atoms in total. The first-order valence-electron chi connectivity index (χ1n) is 3.70. The summed E-state index contributed by atoms with van der Waals surface area (Å²) in [5, 5.41) is 8.90. The molecule has 3 heteroatoms. The van der Waals surface area contributed by atoms with Crippen LogP contribution in [-0.2, 0) is 4.74 Å². The van der Waals surface area contributed by atoms with Gasteiger partial charge in [0.1, 0.15) is 0 Å². The number of nitrogens with zero attached hydrogens (tertiary/aromatic N) is 1. The van der Waals surface area contributed by atoms with E-state index in [0.29, 0.717) is 12.1 Å². The Kier molecular flexibility index (Phi) is 2.65. The van der Waals surface area contributed by atoms with E-state index in [-0.39, 0.29) is 6.73 Å². The van der Waals surface area contributed by atoms with Gasteiger partial charge < -0.3 is 9.84 Å². The second-order valence-corrected chi connectivity index (χ2v) is 2.89. The van der Waals surface area contributed by atoms with Crippen molar-refractivity contribution in [3.8, 4) is 0 Å². The van der Waals surface area contributed by atoms with Crippen LogP contribution in [0.25, 0.3) is 0 Å². The second-order valence-electron chi connectivity index (χ2n) is 2.89. The molecular formula is C7H15NO2. The number of hydrogen-bond acceptors (Lipinski definition) is 3. The molecule has 2 atom stereocenters. The van der Waals surface area contributed by atoms with Crippen LogP contribution in [0.15, 0.2) is 0 Å². The van der Waals surface area contributed by atoms with E-state index in [9.17, 15) is 0 Å². The Labute approximate surface area is 61.6 Å². The Bertz CT molecular complexity index is 97.8. The fraction of sp³-hybridized carbons (Fsp3) is 1.00. The molecule has 0 aromatic heterocycles. The van der Waals surface area contributed by atoms with Crippen LogP contribution < -0.4 is 0 Å². The largest absolute Gasteiger partial charge is 0.381 e. The minimum atomic E-state index is 0.145. The molecule has 60 valence electrons. The molecule has 1 fully saturated rings. The molecule has 10 heavy (non-hydrogen) atoms. The van der Waals surface area contributed by atoms with Gasteiger partial charge in [0.15, 0.2) is 0 Å². The molecular weight excluding hydrogens is 130 g/mol. The van der Waals surface area contributed by atoms with Crippen LogP contribution >= 0.6 is 0 Å². The van der Waals surface area contributed by atoms with Gasteiger partial charge in [-0.3, -0.25) is 4.90 Å². The quantitative estimate of drug-likeness (QED) is 0.565. The highest BCUT2D eigenvalue weighted by Gasteiger charge is 2.23. The molecule has 0 aromatic rings. The Morgan fingerprint density at radius 1 is 1.40 bits per heavy atom. The predicted molar refractivity (Wildman–Crippen MR) is 38.7 cm³/mol. The molecule has 1 aliphatic heterocycles. The summed E-state index contributed by atoms with van der Waals surface area (Å²) < 4.78 is 5.27. The average Bonchev–Trinajstić information content (AvgIpc) is 1.88. The van der Waals surface area contributed by atoms with Crippen molar-refractivity contribution in [2.75, 3.05) is 19.9 Å². The highest BCUT2D eigenvalue weighted by molar-refractivity contribution is 4.74. The third-order valence-corrected chi connectivity index (χ3v) is 2.01. The van der Waals surface area contributed by atoms with Crippen LogP contribution in [0.4, 0.5) is 0 Å². The molecule has 1 aliphatic rings. The summed E-state index contributed by atoms with van der Waals surface area (Å²) in [5.41, 5.74) is 0. The zero-order valence-electron chi connectivity index (χ0n) is 6.58. The van der Waals surface area contributed by atoms with E-state index >= 15 is 0 Å². The molecule has 1 heterocycles. The lowest BCUT2D eigenvalue weighted by atomic mass is 10.2. The Hall–Kier alpha value is -0.120. The van der Waals surface area contributed by atoms with Crippen molar-refractivity contribution < 1.29 is 9.84 Å². The van der Waals surface area contributed by atoms with Crippen LogP contribution in [-0.4, -0.2) is 42.0 Å². The minimum Gasteiger partial charge on any atom is -0.381 e. The van der Waals surface area contributed by atoms with Gasteiger partial charge in [-0.25, -0.2) is 0 Å². The van der Waals surface area contributed by atoms with E-state index in [0.717, 1.165) is 13.2 Å². The van der Waals surface area contributed by atoms with Crippen molar-refractivity contribution in [3.63, 3.8) is 0 Å². The summed E-state index contributed by atoms with van der Waals surface area (Å²) in [5.74, 6) is 0.